The zero-order valence-electron chi connectivity index (χ0n) is 19.3. The lowest BCUT2D eigenvalue weighted by atomic mass is 10.1. The number of benzene rings is 1. The molecule has 2 aromatic heterocycles. The number of aromatic nitrogens is 2. The highest BCUT2D eigenvalue weighted by atomic mass is 35.5. The van der Waals surface area contributed by atoms with Crippen LogP contribution in [0, 0.1) is 5.92 Å². The molecule has 35 heavy (non-hydrogen) atoms. The van der Waals surface area contributed by atoms with Crippen molar-refractivity contribution in [3.63, 3.8) is 0 Å². The van der Waals surface area contributed by atoms with Gasteiger partial charge in [0.2, 0.25) is 11.8 Å². The minimum Gasteiger partial charge on any atom is -0.352 e. The maximum absolute atomic E-state index is 13.0. The lowest BCUT2D eigenvalue weighted by Crippen LogP contribution is -2.40. The first-order chi connectivity index (χ1) is 16.7. The number of pyridine rings is 1. The van der Waals surface area contributed by atoms with E-state index < -0.39 is 5.91 Å². The number of thiazole rings is 1. The molecule has 0 atom stereocenters. The molecule has 0 fully saturated rings. The number of carbonyl (C=O) groups excluding carboxylic acids is 3. The van der Waals surface area contributed by atoms with Crippen LogP contribution in [0.25, 0.3) is 0 Å². The van der Waals surface area contributed by atoms with Gasteiger partial charge in [-0.25, -0.2) is 4.98 Å². The first-order valence-corrected chi connectivity index (χ1v) is 12.5. The summed E-state index contributed by atoms with van der Waals surface area (Å²) < 4.78 is 0. The number of hydrogen-bond acceptors (Lipinski definition) is 6. The summed E-state index contributed by atoms with van der Waals surface area (Å²) in [5.41, 5.74) is 1.71. The normalized spacial score (nSPS) is 10.8. The van der Waals surface area contributed by atoms with Gasteiger partial charge < -0.3 is 15.5 Å². The minimum atomic E-state index is -0.397. The first-order valence-electron chi connectivity index (χ1n) is 10.9. The second-order valence-corrected chi connectivity index (χ2v) is 9.91. The number of anilines is 1. The third-order valence-corrected chi connectivity index (χ3v) is 6.08. The predicted molar refractivity (Wildman–Crippen MR) is 138 cm³/mol. The maximum Gasteiger partial charge on any atom is 0.255 e. The van der Waals surface area contributed by atoms with Gasteiger partial charge in [0.25, 0.3) is 5.91 Å². The summed E-state index contributed by atoms with van der Waals surface area (Å²) in [5.74, 6) is -0.813. The summed E-state index contributed by atoms with van der Waals surface area (Å²) in [6.45, 7) is 4.47. The third kappa shape index (κ3) is 8.31. The SMILES string of the molecule is CC(C)CN(CC(=O)Nc1nc(CC(=O)NCc2cccnc2)cs1)C(=O)c1ccc(Cl)cc1Cl. The maximum atomic E-state index is 13.0. The second-order valence-electron chi connectivity index (χ2n) is 8.21. The Morgan fingerprint density at radius 1 is 1.14 bits per heavy atom. The van der Waals surface area contributed by atoms with E-state index in [0.29, 0.717) is 28.9 Å². The molecule has 0 radical (unpaired) electrons. The number of amides is 3. The van der Waals surface area contributed by atoms with Crippen LogP contribution in [0.5, 0.6) is 0 Å². The van der Waals surface area contributed by atoms with Gasteiger partial charge in [0, 0.05) is 35.9 Å². The molecule has 0 saturated heterocycles. The fraction of sp³-hybridized carbons (Fsp3) is 0.292. The molecule has 0 saturated carbocycles. The van der Waals surface area contributed by atoms with E-state index in [4.69, 9.17) is 23.2 Å². The van der Waals surface area contributed by atoms with E-state index in [1.54, 1.807) is 36.0 Å². The smallest absolute Gasteiger partial charge is 0.255 e. The Kier molecular flexibility index (Phi) is 9.59. The Morgan fingerprint density at radius 2 is 1.94 bits per heavy atom. The van der Waals surface area contributed by atoms with Crippen LogP contribution in [0.4, 0.5) is 5.13 Å². The highest BCUT2D eigenvalue weighted by molar-refractivity contribution is 7.13. The standard InChI is InChI=1S/C24H25Cl2N5O3S/c1-15(2)12-31(23(34)19-6-5-17(25)8-20(19)26)13-22(33)30-24-29-18(14-35-24)9-21(32)28-11-16-4-3-7-27-10-16/h3-8,10,14-15H,9,11-13H2,1-2H3,(H,28,32)(H,29,30,33). The molecule has 0 aliphatic carbocycles. The quantitative estimate of drug-likeness (QED) is 0.400. The molecule has 3 aromatic rings. The molecule has 3 amide bonds. The Balaban J connectivity index is 1.56. The first kappa shape index (κ1) is 26.6. The average molecular weight is 534 g/mol. The number of hydrogen-bond donors (Lipinski definition) is 2. The van der Waals surface area contributed by atoms with Gasteiger partial charge in [-0.15, -0.1) is 11.3 Å². The molecule has 8 nitrogen and oxygen atoms in total. The van der Waals surface area contributed by atoms with Crippen molar-refractivity contribution in [2.45, 2.75) is 26.8 Å². The topological polar surface area (TPSA) is 104 Å². The molecular weight excluding hydrogens is 509 g/mol. The van der Waals surface area contributed by atoms with Gasteiger partial charge in [-0.05, 0) is 35.7 Å². The van der Waals surface area contributed by atoms with Gasteiger partial charge in [-0.3, -0.25) is 19.4 Å². The Labute approximate surface area is 217 Å². The van der Waals surface area contributed by atoms with E-state index in [2.05, 4.69) is 20.6 Å². The molecule has 0 aliphatic rings. The summed E-state index contributed by atoms with van der Waals surface area (Å²) in [6, 6.07) is 8.30. The Bertz CT molecular complexity index is 1190. The molecule has 3 rings (SSSR count). The summed E-state index contributed by atoms with van der Waals surface area (Å²) in [4.78, 5) is 47.7. The summed E-state index contributed by atoms with van der Waals surface area (Å²) in [6.07, 6.45) is 3.44. The molecule has 184 valence electrons. The summed E-state index contributed by atoms with van der Waals surface area (Å²) in [7, 11) is 0. The van der Waals surface area contributed by atoms with Gasteiger partial charge in [0.15, 0.2) is 5.13 Å². The van der Waals surface area contributed by atoms with Crippen molar-refractivity contribution in [2.24, 2.45) is 5.92 Å². The van der Waals surface area contributed by atoms with Gasteiger partial charge in [0.05, 0.1) is 22.7 Å². The fourth-order valence-electron chi connectivity index (χ4n) is 3.20. The molecule has 0 bridgehead atoms. The van der Waals surface area contributed by atoms with E-state index in [1.165, 1.54) is 22.3 Å². The second kappa shape index (κ2) is 12.6. The van der Waals surface area contributed by atoms with Crippen molar-refractivity contribution < 1.29 is 14.4 Å². The van der Waals surface area contributed by atoms with Gasteiger partial charge in [-0.2, -0.15) is 0 Å². The van der Waals surface area contributed by atoms with Crippen LogP contribution in [0.15, 0.2) is 48.1 Å². The van der Waals surface area contributed by atoms with E-state index in [9.17, 15) is 14.4 Å². The van der Waals surface area contributed by atoms with Crippen molar-refractivity contribution in [3.05, 3.63) is 75.0 Å². The van der Waals surface area contributed by atoms with Crippen LogP contribution in [0.2, 0.25) is 10.0 Å². The number of nitrogens with one attached hydrogen (secondary N) is 2. The molecule has 0 aliphatic heterocycles. The van der Waals surface area contributed by atoms with Gasteiger partial charge >= 0.3 is 0 Å². The zero-order valence-corrected chi connectivity index (χ0v) is 21.6. The third-order valence-electron chi connectivity index (χ3n) is 4.72. The molecule has 0 spiro atoms. The van der Waals surface area contributed by atoms with E-state index >= 15 is 0 Å². The van der Waals surface area contributed by atoms with Gasteiger partial charge in [-0.1, -0.05) is 43.1 Å². The molecule has 2 heterocycles. The lowest BCUT2D eigenvalue weighted by Gasteiger charge is -2.24. The monoisotopic (exact) mass is 533 g/mol. The highest BCUT2D eigenvalue weighted by Crippen LogP contribution is 2.23. The Hall–Kier alpha value is -3.01. The number of rotatable bonds is 10. The van der Waals surface area contributed by atoms with Crippen molar-refractivity contribution in [1.82, 2.24) is 20.2 Å². The van der Waals surface area contributed by atoms with Crippen molar-refractivity contribution in [1.29, 1.82) is 0 Å². The Morgan fingerprint density at radius 3 is 2.63 bits per heavy atom. The number of nitrogens with zero attached hydrogens (tertiary/aromatic N) is 3. The number of halogens is 2. The van der Waals surface area contributed by atoms with Gasteiger partial charge in [0.1, 0.15) is 6.54 Å². The lowest BCUT2D eigenvalue weighted by molar-refractivity contribution is -0.120. The van der Waals surface area contributed by atoms with Crippen molar-refractivity contribution in [2.75, 3.05) is 18.4 Å². The van der Waals surface area contributed by atoms with Crippen LogP contribution in [0.1, 0.15) is 35.5 Å². The molecule has 1 aromatic carbocycles. The van der Waals surface area contributed by atoms with E-state index in [1.807, 2.05) is 19.9 Å². The predicted octanol–water partition coefficient (Wildman–Crippen LogP) is 4.44. The number of carbonyl (C=O) groups is 3. The molecule has 11 heteroatoms. The summed E-state index contributed by atoms with van der Waals surface area (Å²) in [5, 5.41) is 8.23. The van der Waals surface area contributed by atoms with E-state index in [0.717, 1.165) is 5.56 Å². The molecule has 2 N–H and O–H groups in total. The van der Waals surface area contributed by atoms with Crippen molar-refractivity contribution >= 4 is 57.4 Å². The minimum absolute atomic E-state index is 0.0830. The molecular formula is C24H25Cl2N5O3S. The van der Waals surface area contributed by atoms with Crippen LogP contribution in [-0.4, -0.2) is 45.7 Å². The zero-order chi connectivity index (χ0) is 25.4. The fourth-order valence-corrected chi connectivity index (χ4v) is 4.42. The average Bonchev–Trinajstić information content (AvgIpc) is 3.23. The van der Waals surface area contributed by atoms with Crippen LogP contribution in [0.3, 0.4) is 0 Å². The van der Waals surface area contributed by atoms with Crippen LogP contribution >= 0.6 is 34.5 Å². The van der Waals surface area contributed by atoms with Crippen LogP contribution in [-0.2, 0) is 22.6 Å². The molecule has 0 unspecified atom stereocenters. The van der Waals surface area contributed by atoms with E-state index in [-0.39, 0.29) is 41.3 Å². The largest absolute Gasteiger partial charge is 0.352 e. The summed E-state index contributed by atoms with van der Waals surface area (Å²) >= 11 is 13.3. The van der Waals surface area contributed by atoms with Crippen molar-refractivity contribution in [3.8, 4) is 0 Å². The highest BCUT2D eigenvalue weighted by Gasteiger charge is 2.22. The van der Waals surface area contributed by atoms with Crippen LogP contribution < -0.4 is 10.6 Å².